The van der Waals surface area contributed by atoms with Crippen molar-refractivity contribution in [3.63, 3.8) is 0 Å². The molecule has 0 aliphatic heterocycles. The third kappa shape index (κ3) is 7.18. The zero-order valence-electron chi connectivity index (χ0n) is 11.2. The van der Waals surface area contributed by atoms with E-state index in [4.69, 9.17) is 4.74 Å². The molecule has 0 aliphatic rings. The number of aliphatic hydroxyl groups excluding tert-OH is 1. The average molecular weight is 330 g/mol. The molecule has 1 rings (SSSR count). The Morgan fingerprint density at radius 1 is 1.47 bits per heavy atom. The molecule has 0 fully saturated rings. The Labute approximate surface area is 122 Å². The van der Waals surface area contributed by atoms with Gasteiger partial charge in [-0.05, 0) is 30.5 Å². The summed E-state index contributed by atoms with van der Waals surface area (Å²) in [7, 11) is 0. The first kappa shape index (κ1) is 16.0. The summed E-state index contributed by atoms with van der Waals surface area (Å²) in [5, 5.41) is 12.3. The molecule has 1 atom stereocenters. The van der Waals surface area contributed by atoms with Crippen LogP contribution in [0.25, 0.3) is 0 Å². The quantitative estimate of drug-likeness (QED) is 0.807. The number of hydrogen-bond acceptors (Lipinski definition) is 3. The molecule has 0 radical (unpaired) electrons. The van der Waals surface area contributed by atoms with Gasteiger partial charge in [0, 0.05) is 11.0 Å². The van der Waals surface area contributed by atoms with E-state index in [-0.39, 0.29) is 19.1 Å². The largest absolute Gasteiger partial charge is 0.484 e. The van der Waals surface area contributed by atoms with Crippen LogP contribution in [0.4, 0.5) is 0 Å². The highest BCUT2D eigenvalue weighted by Crippen LogP contribution is 2.17. The van der Waals surface area contributed by atoms with Crippen LogP contribution in [0, 0.1) is 5.92 Å². The summed E-state index contributed by atoms with van der Waals surface area (Å²) in [5.41, 5.74) is 0. The van der Waals surface area contributed by atoms with Crippen LogP contribution in [-0.4, -0.2) is 30.3 Å². The second kappa shape index (κ2) is 8.17. The van der Waals surface area contributed by atoms with E-state index < -0.39 is 6.10 Å². The second-order valence-electron chi connectivity index (χ2n) is 4.83. The normalized spacial score (nSPS) is 12.3. The van der Waals surface area contributed by atoms with Gasteiger partial charge in [0.25, 0.3) is 5.91 Å². The highest BCUT2D eigenvalue weighted by molar-refractivity contribution is 9.10. The van der Waals surface area contributed by atoms with Crippen LogP contribution in [0.3, 0.4) is 0 Å². The fraction of sp³-hybridized carbons (Fsp3) is 0.500. The van der Waals surface area contributed by atoms with E-state index >= 15 is 0 Å². The maximum absolute atomic E-state index is 11.5. The smallest absolute Gasteiger partial charge is 0.258 e. The molecule has 2 N–H and O–H groups in total. The number of aliphatic hydroxyl groups is 1. The van der Waals surface area contributed by atoms with Crippen molar-refractivity contribution in [2.75, 3.05) is 13.2 Å². The van der Waals surface area contributed by atoms with Gasteiger partial charge in [-0.15, -0.1) is 0 Å². The summed E-state index contributed by atoms with van der Waals surface area (Å²) in [5.74, 6) is 0.805. The molecule has 0 spiro atoms. The van der Waals surface area contributed by atoms with Crippen LogP contribution in [0.1, 0.15) is 20.3 Å². The highest BCUT2D eigenvalue weighted by atomic mass is 79.9. The van der Waals surface area contributed by atoms with Crippen molar-refractivity contribution in [1.29, 1.82) is 0 Å². The number of benzene rings is 1. The molecule has 0 bridgehead atoms. The molecule has 1 unspecified atom stereocenters. The third-order valence-corrected chi connectivity index (χ3v) is 2.94. The van der Waals surface area contributed by atoms with Crippen molar-refractivity contribution in [2.45, 2.75) is 26.4 Å². The van der Waals surface area contributed by atoms with Gasteiger partial charge >= 0.3 is 0 Å². The first-order chi connectivity index (χ1) is 8.97. The minimum absolute atomic E-state index is 0.0507. The van der Waals surface area contributed by atoms with Crippen molar-refractivity contribution < 1.29 is 14.6 Å². The van der Waals surface area contributed by atoms with Gasteiger partial charge in [-0.1, -0.05) is 35.8 Å². The van der Waals surface area contributed by atoms with Crippen LogP contribution in [0.2, 0.25) is 0 Å². The van der Waals surface area contributed by atoms with Crippen molar-refractivity contribution in [3.05, 3.63) is 28.7 Å². The molecule has 1 aromatic carbocycles. The van der Waals surface area contributed by atoms with Crippen LogP contribution in [0.15, 0.2) is 28.7 Å². The summed E-state index contributed by atoms with van der Waals surface area (Å²) in [4.78, 5) is 11.5. The van der Waals surface area contributed by atoms with Gasteiger partial charge in [-0.25, -0.2) is 0 Å². The van der Waals surface area contributed by atoms with Gasteiger partial charge in [0.1, 0.15) is 5.75 Å². The minimum Gasteiger partial charge on any atom is -0.484 e. The van der Waals surface area contributed by atoms with E-state index in [9.17, 15) is 9.90 Å². The molecule has 0 heterocycles. The van der Waals surface area contributed by atoms with E-state index in [0.717, 1.165) is 4.47 Å². The lowest BCUT2D eigenvalue weighted by molar-refractivity contribution is -0.123. The number of nitrogens with one attached hydrogen (secondary N) is 1. The zero-order valence-corrected chi connectivity index (χ0v) is 12.8. The van der Waals surface area contributed by atoms with Crippen molar-refractivity contribution in [2.24, 2.45) is 5.92 Å². The average Bonchev–Trinajstić information content (AvgIpc) is 2.33. The highest BCUT2D eigenvalue weighted by Gasteiger charge is 2.09. The van der Waals surface area contributed by atoms with Crippen molar-refractivity contribution in [1.82, 2.24) is 5.32 Å². The Morgan fingerprint density at radius 3 is 2.84 bits per heavy atom. The molecular formula is C14H20BrNO3. The Kier molecular flexibility index (Phi) is 6.87. The van der Waals surface area contributed by atoms with Crippen LogP contribution in [-0.2, 0) is 4.79 Å². The fourth-order valence-corrected chi connectivity index (χ4v) is 1.99. The summed E-state index contributed by atoms with van der Waals surface area (Å²) in [6.07, 6.45) is 0.169. The topological polar surface area (TPSA) is 58.6 Å². The van der Waals surface area contributed by atoms with Crippen LogP contribution < -0.4 is 10.1 Å². The molecular weight excluding hydrogens is 310 g/mol. The Bertz CT molecular complexity index is 409. The van der Waals surface area contributed by atoms with Crippen LogP contribution >= 0.6 is 15.9 Å². The van der Waals surface area contributed by atoms with Gasteiger partial charge in [-0.3, -0.25) is 4.79 Å². The minimum atomic E-state index is -0.505. The molecule has 1 aromatic rings. The number of carbonyl (C=O) groups is 1. The van der Waals surface area contributed by atoms with Gasteiger partial charge < -0.3 is 15.2 Å². The van der Waals surface area contributed by atoms with E-state index in [0.29, 0.717) is 18.1 Å². The maximum Gasteiger partial charge on any atom is 0.258 e. The Balaban J connectivity index is 2.25. The standard InChI is InChI=1S/C14H20BrNO3/c1-10(2)6-12(17)8-16-14(18)9-19-13-5-3-4-11(15)7-13/h3-5,7,10,12,17H,6,8-9H2,1-2H3,(H,16,18). The van der Waals surface area contributed by atoms with E-state index in [1.165, 1.54) is 0 Å². The predicted molar refractivity (Wildman–Crippen MR) is 78.1 cm³/mol. The Hall–Kier alpha value is -1.07. The summed E-state index contributed by atoms with van der Waals surface area (Å²) in [6, 6.07) is 7.30. The molecule has 5 heteroatoms. The lowest BCUT2D eigenvalue weighted by atomic mass is 10.1. The molecule has 4 nitrogen and oxygen atoms in total. The first-order valence-corrected chi connectivity index (χ1v) is 7.10. The first-order valence-electron chi connectivity index (χ1n) is 6.30. The van der Waals surface area contributed by atoms with Crippen molar-refractivity contribution in [3.8, 4) is 5.75 Å². The molecule has 19 heavy (non-hydrogen) atoms. The lowest BCUT2D eigenvalue weighted by Gasteiger charge is -2.14. The molecule has 0 aromatic heterocycles. The number of carbonyl (C=O) groups excluding carboxylic acids is 1. The molecule has 0 saturated carbocycles. The number of amides is 1. The SMILES string of the molecule is CC(C)CC(O)CNC(=O)COc1cccc(Br)c1. The van der Waals surface area contributed by atoms with Gasteiger partial charge in [0.2, 0.25) is 0 Å². The van der Waals surface area contributed by atoms with Crippen molar-refractivity contribution >= 4 is 21.8 Å². The van der Waals surface area contributed by atoms with E-state index in [1.807, 2.05) is 26.0 Å². The molecule has 0 saturated heterocycles. The van der Waals surface area contributed by atoms with Gasteiger partial charge in [-0.2, -0.15) is 0 Å². The predicted octanol–water partition coefficient (Wildman–Crippen LogP) is 2.35. The van der Waals surface area contributed by atoms with Crippen LogP contribution in [0.5, 0.6) is 5.75 Å². The molecule has 106 valence electrons. The molecule has 1 amide bonds. The Morgan fingerprint density at radius 2 is 2.21 bits per heavy atom. The maximum atomic E-state index is 11.5. The number of halogens is 1. The van der Waals surface area contributed by atoms with Gasteiger partial charge in [0.05, 0.1) is 6.10 Å². The van der Waals surface area contributed by atoms with E-state index in [2.05, 4.69) is 21.2 Å². The number of hydrogen-bond donors (Lipinski definition) is 2. The summed E-state index contributed by atoms with van der Waals surface area (Å²) in [6.45, 7) is 4.27. The summed E-state index contributed by atoms with van der Waals surface area (Å²) >= 11 is 3.33. The number of ether oxygens (including phenoxy) is 1. The fourth-order valence-electron chi connectivity index (χ4n) is 1.62. The number of rotatable bonds is 7. The van der Waals surface area contributed by atoms with Gasteiger partial charge in [0.15, 0.2) is 6.61 Å². The zero-order chi connectivity index (χ0) is 14.3. The second-order valence-corrected chi connectivity index (χ2v) is 5.75. The monoisotopic (exact) mass is 329 g/mol. The molecule has 0 aliphatic carbocycles. The lowest BCUT2D eigenvalue weighted by Crippen LogP contribution is -2.35. The third-order valence-electron chi connectivity index (χ3n) is 2.44. The van der Waals surface area contributed by atoms with E-state index in [1.54, 1.807) is 12.1 Å². The summed E-state index contributed by atoms with van der Waals surface area (Å²) < 4.78 is 6.24.